The van der Waals surface area contributed by atoms with Gasteiger partial charge in [0.25, 0.3) is 0 Å². The molecule has 0 fully saturated rings. The van der Waals surface area contributed by atoms with Crippen LogP contribution in [-0.4, -0.2) is 36.6 Å². The summed E-state index contributed by atoms with van der Waals surface area (Å²) in [7, 11) is 3.27. The maximum atomic E-state index is 12.4. The van der Waals surface area contributed by atoms with E-state index in [1.54, 1.807) is 31.1 Å². The Hall–Kier alpha value is -2.08. The second kappa shape index (κ2) is 7.00. The fourth-order valence-electron chi connectivity index (χ4n) is 2.85. The van der Waals surface area contributed by atoms with Crippen molar-refractivity contribution in [2.75, 3.05) is 20.8 Å². The number of carbonyl (C=O) groups excluding carboxylic acids is 1. The van der Waals surface area contributed by atoms with Gasteiger partial charge < -0.3 is 14.4 Å². The number of hydrogen-bond acceptors (Lipinski definition) is 5. The monoisotopic (exact) mass is 332 g/mol. The zero-order valence-corrected chi connectivity index (χ0v) is 14.2. The molecule has 2 heterocycles. The maximum Gasteiger partial charge on any atom is 0.223 e. The van der Waals surface area contributed by atoms with Crippen LogP contribution < -0.4 is 9.47 Å². The Kier molecular flexibility index (Phi) is 4.81. The van der Waals surface area contributed by atoms with E-state index in [9.17, 15) is 4.79 Å². The summed E-state index contributed by atoms with van der Waals surface area (Å²) in [5, 5.41) is 2.00. The lowest BCUT2D eigenvalue weighted by atomic mass is 9.98. The molecule has 1 aliphatic rings. The van der Waals surface area contributed by atoms with Crippen molar-refractivity contribution in [2.24, 2.45) is 0 Å². The molecule has 0 N–H and O–H groups in total. The molecular formula is C17H20N2O3S. The molecule has 6 heteroatoms. The molecule has 2 aromatic rings. The van der Waals surface area contributed by atoms with E-state index in [2.05, 4.69) is 4.98 Å². The molecule has 0 spiro atoms. The Morgan fingerprint density at radius 1 is 1.26 bits per heavy atom. The molecule has 0 unspecified atom stereocenters. The second-order valence-corrected chi connectivity index (χ2v) is 6.24. The van der Waals surface area contributed by atoms with Crippen molar-refractivity contribution < 1.29 is 14.3 Å². The minimum absolute atomic E-state index is 0.179. The molecular weight excluding hydrogens is 312 g/mol. The average Bonchev–Trinajstić information content (AvgIpc) is 3.11. The van der Waals surface area contributed by atoms with Gasteiger partial charge in [-0.1, -0.05) is 0 Å². The summed E-state index contributed by atoms with van der Waals surface area (Å²) in [6.45, 7) is 1.38. The van der Waals surface area contributed by atoms with Crippen LogP contribution in [0.5, 0.6) is 11.5 Å². The van der Waals surface area contributed by atoms with Gasteiger partial charge in [-0.3, -0.25) is 4.79 Å². The Morgan fingerprint density at radius 3 is 2.65 bits per heavy atom. The maximum absolute atomic E-state index is 12.4. The lowest BCUT2D eigenvalue weighted by Crippen LogP contribution is -2.36. The molecule has 1 aromatic carbocycles. The third kappa shape index (κ3) is 3.47. The zero-order chi connectivity index (χ0) is 16.2. The van der Waals surface area contributed by atoms with Crippen LogP contribution in [0, 0.1) is 0 Å². The van der Waals surface area contributed by atoms with Gasteiger partial charge >= 0.3 is 0 Å². The second-order valence-electron chi connectivity index (χ2n) is 5.52. The predicted octanol–water partition coefficient (Wildman–Crippen LogP) is 2.68. The molecule has 3 rings (SSSR count). The van der Waals surface area contributed by atoms with E-state index in [0.717, 1.165) is 30.0 Å². The van der Waals surface area contributed by atoms with Gasteiger partial charge in [-0.2, -0.15) is 0 Å². The highest BCUT2D eigenvalue weighted by atomic mass is 32.1. The molecule has 0 aliphatic carbocycles. The molecule has 122 valence electrons. The van der Waals surface area contributed by atoms with Crippen LogP contribution in [0.2, 0.25) is 0 Å². The third-order valence-electron chi connectivity index (χ3n) is 4.15. The number of hydrogen-bond donors (Lipinski definition) is 0. The summed E-state index contributed by atoms with van der Waals surface area (Å²) in [5.74, 6) is 1.64. The number of nitrogens with zero attached hydrogens (tertiary/aromatic N) is 2. The number of ether oxygens (including phenoxy) is 2. The highest BCUT2D eigenvalue weighted by molar-refractivity contribution is 7.07. The predicted molar refractivity (Wildman–Crippen MR) is 89.1 cm³/mol. The van der Waals surface area contributed by atoms with E-state index in [0.29, 0.717) is 25.1 Å². The number of fused-ring (bicyclic) bond motifs is 1. The number of thiazole rings is 1. The summed E-state index contributed by atoms with van der Waals surface area (Å²) in [4.78, 5) is 18.6. The van der Waals surface area contributed by atoms with Gasteiger partial charge in [0, 0.05) is 24.9 Å². The van der Waals surface area contributed by atoms with Crippen LogP contribution >= 0.6 is 11.3 Å². The molecule has 5 nitrogen and oxygen atoms in total. The van der Waals surface area contributed by atoms with Gasteiger partial charge in [0.05, 0.1) is 25.4 Å². The van der Waals surface area contributed by atoms with Crippen molar-refractivity contribution in [3.05, 3.63) is 39.8 Å². The Bertz CT molecular complexity index is 685. The van der Waals surface area contributed by atoms with Gasteiger partial charge in [-0.15, -0.1) is 11.3 Å². The SMILES string of the molecule is COc1cc2c(cc1OC)CN(C(=O)CCc1cscn1)CC2. The van der Waals surface area contributed by atoms with Crippen LogP contribution in [0.15, 0.2) is 23.0 Å². The normalized spacial score (nSPS) is 13.6. The number of benzene rings is 1. The topological polar surface area (TPSA) is 51.7 Å². The molecule has 0 saturated carbocycles. The number of aromatic nitrogens is 1. The Labute approximate surface area is 139 Å². The summed E-state index contributed by atoms with van der Waals surface area (Å²) >= 11 is 1.56. The van der Waals surface area contributed by atoms with Crippen LogP contribution in [0.3, 0.4) is 0 Å². The number of aryl methyl sites for hydroxylation is 1. The minimum Gasteiger partial charge on any atom is -0.493 e. The Morgan fingerprint density at radius 2 is 2.00 bits per heavy atom. The Balaban J connectivity index is 1.68. The van der Waals surface area contributed by atoms with Crippen LogP contribution in [-0.2, 0) is 24.2 Å². The number of amides is 1. The zero-order valence-electron chi connectivity index (χ0n) is 13.4. The highest BCUT2D eigenvalue weighted by Crippen LogP contribution is 2.33. The highest BCUT2D eigenvalue weighted by Gasteiger charge is 2.22. The first-order chi connectivity index (χ1) is 11.2. The molecule has 1 aromatic heterocycles. The lowest BCUT2D eigenvalue weighted by Gasteiger charge is -2.29. The first-order valence-corrected chi connectivity index (χ1v) is 8.54. The van der Waals surface area contributed by atoms with Crippen molar-refractivity contribution in [3.8, 4) is 11.5 Å². The fourth-order valence-corrected chi connectivity index (χ4v) is 3.44. The van der Waals surface area contributed by atoms with Gasteiger partial charge in [0.2, 0.25) is 5.91 Å². The van der Waals surface area contributed by atoms with E-state index in [1.165, 1.54) is 5.56 Å². The first kappa shape index (κ1) is 15.8. The van der Waals surface area contributed by atoms with Crippen molar-refractivity contribution in [2.45, 2.75) is 25.8 Å². The first-order valence-electron chi connectivity index (χ1n) is 7.60. The smallest absolute Gasteiger partial charge is 0.223 e. The summed E-state index contributed by atoms with van der Waals surface area (Å²) in [6, 6.07) is 4.00. The number of rotatable bonds is 5. The van der Waals surface area contributed by atoms with Gasteiger partial charge in [0.1, 0.15) is 0 Å². The van der Waals surface area contributed by atoms with Gasteiger partial charge in [-0.05, 0) is 36.1 Å². The molecule has 0 atom stereocenters. The third-order valence-corrected chi connectivity index (χ3v) is 4.78. The molecule has 0 bridgehead atoms. The van der Waals surface area contributed by atoms with E-state index < -0.39 is 0 Å². The standard InChI is InChI=1S/C17H20N2O3S/c1-21-15-7-12-5-6-19(9-13(12)8-16(15)22-2)17(20)4-3-14-10-23-11-18-14/h7-8,10-11H,3-6,9H2,1-2H3. The molecule has 1 amide bonds. The van der Waals surface area contributed by atoms with Gasteiger partial charge in [-0.25, -0.2) is 4.98 Å². The summed E-state index contributed by atoms with van der Waals surface area (Å²) in [5.41, 5.74) is 5.16. The van der Waals surface area contributed by atoms with E-state index in [4.69, 9.17) is 9.47 Å². The summed E-state index contributed by atoms with van der Waals surface area (Å²) in [6.07, 6.45) is 2.06. The molecule has 23 heavy (non-hydrogen) atoms. The van der Waals surface area contributed by atoms with Crippen molar-refractivity contribution in [1.82, 2.24) is 9.88 Å². The average molecular weight is 332 g/mol. The largest absolute Gasteiger partial charge is 0.493 e. The number of methoxy groups -OCH3 is 2. The van der Waals surface area contributed by atoms with Crippen LogP contribution in [0.4, 0.5) is 0 Å². The fraction of sp³-hybridized carbons (Fsp3) is 0.412. The van der Waals surface area contributed by atoms with E-state index in [1.807, 2.05) is 22.4 Å². The van der Waals surface area contributed by atoms with Gasteiger partial charge in [0.15, 0.2) is 11.5 Å². The lowest BCUT2D eigenvalue weighted by molar-refractivity contribution is -0.132. The van der Waals surface area contributed by atoms with E-state index >= 15 is 0 Å². The van der Waals surface area contributed by atoms with Crippen molar-refractivity contribution in [3.63, 3.8) is 0 Å². The number of carbonyl (C=O) groups is 1. The molecule has 0 radical (unpaired) electrons. The van der Waals surface area contributed by atoms with Crippen molar-refractivity contribution in [1.29, 1.82) is 0 Å². The summed E-state index contributed by atoms with van der Waals surface area (Å²) < 4.78 is 10.7. The van der Waals surface area contributed by atoms with Crippen LogP contribution in [0.1, 0.15) is 23.2 Å². The van der Waals surface area contributed by atoms with Crippen LogP contribution in [0.25, 0.3) is 0 Å². The minimum atomic E-state index is 0.179. The molecule has 1 aliphatic heterocycles. The van der Waals surface area contributed by atoms with Crippen molar-refractivity contribution >= 4 is 17.2 Å². The molecule has 0 saturated heterocycles. The quantitative estimate of drug-likeness (QED) is 0.845. The van der Waals surface area contributed by atoms with E-state index in [-0.39, 0.29) is 5.91 Å².